The Balaban J connectivity index is 1.74. The summed E-state index contributed by atoms with van der Waals surface area (Å²) in [6, 6.07) is 18.9. The number of anilines is 3. The van der Waals surface area contributed by atoms with Crippen LogP contribution >= 0.6 is 0 Å². The van der Waals surface area contributed by atoms with Gasteiger partial charge in [-0.15, -0.1) is 10.2 Å². The third kappa shape index (κ3) is 4.45. The molecule has 1 aromatic heterocycles. The largest absolute Gasteiger partial charge is 0.338 e. The van der Waals surface area contributed by atoms with Crippen molar-refractivity contribution in [3.63, 3.8) is 0 Å². The van der Waals surface area contributed by atoms with E-state index in [2.05, 4.69) is 26.3 Å². The lowest BCUT2D eigenvalue weighted by atomic mass is 10.0. The predicted molar refractivity (Wildman–Crippen MR) is 108 cm³/mol. The van der Waals surface area contributed by atoms with E-state index in [4.69, 9.17) is 5.26 Å². The molecule has 0 radical (unpaired) electrons. The Morgan fingerprint density at radius 3 is 2.18 bits per heavy atom. The molecule has 3 rings (SSSR count). The maximum atomic E-state index is 12.5. The summed E-state index contributed by atoms with van der Waals surface area (Å²) in [7, 11) is -3.75. The number of nitriles is 1. The molecule has 0 aliphatic heterocycles. The van der Waals surface area contributed by atoms with Crippen LogP contribution in [-0.2, 0) is 10.0 Å². The highest BCUT2D eigenvalue weighted by molar-refractivity contribution is 7.92. The zero-order valence-corrected chi connectivity index (χ0v) is 16.2. The van der Waals surface area contributed by atoms with E-state index in [0.717, 1.165) is 5.56 Å². The number of nitrogens with zero attached hydrogens (tertiary/aromatic N) is 3. The molecular formula is C20H19N5O2S. The molecule has 0 saturated heterocycles. The van der Waals surface area contributed by atoms with Crippen molar-refractivity contribution < 1.29 is 8.42 Å². The van der Waals surface area contributed by atoms with Crippen molar-refractivity contribution in [2.24, 2.45) is 0 Å². The topological polar surface area (TPSA) is 108 Å². The molecular weight excluding hydrogens is 374 g/mol. The minimum atomic E-state index is -3.75. The number of hydrogen-bond donors (Lipinski definition) is 2. The molecule has 0 atom stereocenters. The number of benzene rings is 2. The normalized spacial score (nSPS) is 11.1. The molecule has 7 nitrogen and oxygen atoms in total. The van der Waals surface area contributed by atoms with E-state index in [0.29, 0.717) is 23.0 Å². The van der Waals surface area contributed by atoms with Crippen molar-refractivity contribution >= 4 is 27.3 Å². The van der Waals surface area contributed by atoms with Crippen molar-refractivity contribution in [1.29, 1.82) is 5.26 Å². The van der Waals surface area contributed by atoms with Crippen LogP contribution < -0.4 is 10.0 Å². The van der Waals surface area contributed by atoms with Crippen LogP contribution in [0, 0.1) is 11.3 Å². The van der Waals surface area contributed by atoms with Gasteiger partial charge in [0.2, 0.25) is 0 Å². The maximum Gasteiger partial charge on any atom is 0.263 e. The smallest absolute Gasteiger partial charge is 0.263 e. The minimum Gasteiger partial charge on any atom is -0.338 e. The van der Waals surface area contributed by atoms with Gasteiger partial charge in [0.25, 0.3) is 10.0 Å². The first kappa shape index (κ1) is 19.3. The van der Waals surface area contributed by atoms with Crippen molar-refractivity contribution in [2.75, 3.05) is 10.0 Å². The first-order valence-corrected chi connectivity index (χ1v) is 10.1. The molecule has 142 valence electrons. The Bertz CT molecular complexity index is 1100. The van der Waals surface area contributed by atoms with Gasteiger partial charge in [0.05, 0.1) is 16.1 Å². The van der Waals surface area contributed by atoms with E-state index in [-0.39, 0.29) is 10.7 Å². The van der Waals surface area contributed by atoms with Gasteiger partial charge in [-0.3, -0.25) is 4.72 Å². The molecule has 2 N–H and O–H groups in total. The van der Waals surface area contributed by atoms with Gasteiger partial charge in [-0.05, 0) is 47.9 Å². The van der Waals surface area contributed by atoms with E-state index < -0.39 is 10.0 Å². The van der Waals surface area contributed by atoms with Gasteiger partial charge in [-0.25, -0.2) is 8.42 Å². The zero-order valence-electron chi connectivity index (χ0n) is 15.4. The summed E-state index contributed by atoms with van der Waals surface area (Å²) in [6.45, 7) is 4.09. The van der Waals surface area contributed by atoms with E-state index in [1.165, 1.54) is 6.07 Å². The molecule has 0 unspecified atom stereocenters. The Hall–Kier alpha value is -3.44. The lowest BCUT2D eigenvalue weighted by Crippen LogP contribution is -2.14. The Morgan fingerprint density at radius 1 is 0.929 bits per heavy atom. The highest BCUT2D eigenvalue weighted by Crippen LogP contribution is 2.21. The first-order chi connectivity index (χ1) is 13.4. The predicted octanol–water partition coefficient (Wildman–Crippen LogP) is 4.02. The van der Waals surface area contributed by atoms with Gasteiger partial charge in [-0.2, -0.15) is 5.26 Å². The van der Waals surface area contributed by atoms with Gasteiger partial charge in [0, 0.05) is 0 Å². The highest BCUT2D eigenvalue weighted by Gasteiger charge is 2.15. The molecule has 1 heterocycles. The Kier molecular flexibility index (Phi) is 5.57. The average Bonchev–Trinajstić information content (AvgIpc) is 2.70. The van der Waals surface area contributed by atoms with E-state index in [1.807, 2.05) is 13.8 Å². The van der Waals surface area contributed by atoms with Crippen LogP contribution in [0.5, 0.6) is 0 Å². The summed E-state index contributed by atoms with van der Waals surface area (Å²) in [4.78, 5) is 0.156. The summed E-state index contributed by atoms with van der Waals surface area (Å²) in [5, 5.41) is 20.0. The number of sulfonamides is 1. The lowest BCUT2D eigenvalue weighted by Gasteiger charge is -2.10. The first-order valence-electron chi connectivity index (χ1n) is 8.62. The van der Waals surface area contributed by atoms with Crippen LogP contribution in [0.4, 0.5) is 17.3 Å². The van der Waals surface area contributed by atoms with Crippen LogP contribution in [0.2, 0.25) is 0 Å². The number of hydrogen-bond acceptors (Lipinski definition) is 6. The Labute approximate surface area is 164 Å². The molecule has 2 aromatic carbocycles. The summed E-state index contributed by atoms with van der Waals surface area (Å²) in [5.41, 5.74) is 2.13. The lowest BCUT2D eigenvalue weighted by molar-refractivity contribution is 0.601. The second-order valence-electron chi connectivity index (χ2n) is 6.42. The van der Waals surface area contributed by atoms with Crippen LogP contribution in [0.15, 0.2) is 65.6 Å². The molecule has 0 aliphatic carbocycles. The average molecular weight is 393 g/mol. The second-order valence-corrected chi connectivity index (χ2v) is 8.10. The molecule has 28 heavy (non-hydrogen) atoms. The van der Waals surface area contributed by atoms with Crippen molar-refractivity contribution in [2.45, 2.75) is 24.7 Å². The number of rotatable bonds is 6. The highest BCUT2D eigenvalue weighted by atomic mass is 32.2. The standard InChI is InChI=1S/C20H19N5O2S/c1-14(2)15-7-9-17(10-8-15)28(26,27)25-20-12-11-19(23-24-20)22-18-6-4-3-5-16(18)13-21/h3-12,14H,1-2H3,(H,22,23)(H,24,25). The molecule has 0 spiro atoms. The van der Waals surface area contributed by atoms with Crippen LogP contribution in [0.3, 0.4) is 0 Å². The third-order valence-electron chi connectivity index (χ3n) is 4.07. The number of nitrogens with one attached hydrogen (secondary N) is 2. The van der Waals surface area contributed by atoms with Gasteiger partial charge in [0.15, 0.2) is 11.6 Å². The molecule has 0 fully saturated rings. The number of para-hydroxylation sites is 1. The summed E-state index contributed by atoms with van der Waals surface area (Å²) in [6.07, 6.45) is 0. The quantitative estimate of drug-likeness (QED) is 0.655. The van der Waals surface area contributed by atoms with Gasteiger partial charge >= 0.3 is 0 Å². The van der Waals surface area contributed by atoms with Gasteiger partial charge in [-0.1, -0.05) is 38.1 Å². The number of aromatic nitrogens is 2. The fourth-order valence-corrected chi connectivity index (χ4v) is 3.51. The molecule has 0 bridgehead atoms. The van der Waals surface area contributed by atoms with Crippen molar-refractivity contribution in [1.82, 2.24) is 10.2 Å². The van der Waals surface area contributed by atoms with Crippen LogP contribution in [0.25, 0.3) is 0 Å². The van der Waals surface area contributed by atoms with E-state index >= 15 is 0 Å². The zero-order chi connectivity index (χ0) is 20.1. The van der Waals surface area contributed by atoms with Gasteiger partial charge < -0.3 is 5.32 Å². The monoisotopic (exact) mass is 393 g/mol. The second kappa shape index (κ2) is 8.06. The Morgan fingerprint density at radius 2 is 1.57 bits per heavy atom. The third-order valence-corrected chi connectivity index (χ3v) is 5.44. The van der Waals surface area contributed by atoms with Crippen LogP contribution in [0.1, 0.15) is 30.9 Å². The van der Waals surface area contributed by atoms with Crippen molar-refractivity contribution in [3.8, 4) is 6.07 Å². The van der Waals surface area contributed by atoms with Crippen LogP contribution in [-0.4, -0.2) is 18.6 Å². The molecule has 0 amide bonds. The van der Waals surface area contributed by atoms with Crippen molar-refractivity contribution in [3.05, 3.63) is 71.8 Å². The maximum absolute atomic E-state index is 12.5. The summed E-state index contributed by atoms with van der Waals surface area (Å²) in [5.74, 6) is 0.820. The summed E-state index contributed by atoms with van der Waals surface area (Å²) >= 11 is 0. The SMILES string of the molecule is CC(C)c1ccc(S(=O)(=O)Nc2ccc(Nc3ccccc3C#N)nn2)cc1. The fraction of sp³-hybridized carbons (Fsp3) is 0.150. The van der Waals surface area contributed by atoms with E-state index in [9.17, 15) is 8.42 Å². The molecule has 8 heteroatoms. The summed E-state index contributed by atoms with van der Waals surface area (Å²) < 4.78 is 27.4. The molecule has 0 saturated carbocycles. The van der Waals surface area contributed by atoms with Gasteiger partial charge in [0.1, 0.15) is 6.07 Å². The molecule has 0 aliphatic rings. The van der Waals surface area contributed by atoms with E-state index in [1.54, 1.807) is 54.6 Å². The minimum absolute atomic E-state index is 0.104. The fourth-order valence-electron chi connectivity index (χ4n) is 2.51. The molecule has 3 aromatic rings.